The molecule has 1 amide bonds. The Kier molecular flexibility index (Phi) is 11.7. The minimum atomic E-state index is -1.26. The average Bonchev–Trinajstić information content (AvgIpc) is 3.42. The molecule has 10 heteroatoms. The number of nitrogens with zero attached hydrogens (tertiary/aromatic N) is 1. The topological polar surface area (TPSA) is 141 Å². The molecule has 4 rings (SSSR count). The van der Waals surface area contributed by atoms with Gasteiger partial charge in [-0.1, -0.05) is 36.4 Å². The number of methoxy groups -OCH3 is 2. The maximum absolute atomic E-state index is 12.6. The second-order valence-corrected chi connectivity index (χ2v) is 9.46. The Morgan fingerprint density at radius 3 is 2.12 bits per heavy atom. The molecule has 0 radical (unpaired) electrons. The first-order valence-electron chi connectivity index (χ1n) is 13.2. The standard InChI is InChI=1S/C28H31N3O3.C4H4O4/c1-31(19-21-12-15-26(33-2)27(17-21)34-3)16-6-7-20-10-13-23(14-11-20)29-28(32)25-18-22-8-4-5-9-24(22)30-25;5-3(6)1-2-4(7)8/h4-5,8-15,17-18,30H,6-7,16,19H2,1-3H3,(H,29,32);1-2H,(H,5,6)(H,7,8)/b;2-1+. The number of aliphatic carboxylic acids is 2. The maximum atomic E-state index is 12.6. The molecule has 220 valence electrons. The van der Waals surface area contributed by atoms with Gasteiger partial charge in [0.15, 0.2) is 11.5 Å². The number of amides is 1. The third-order valence-corrected chi connectivity index (χ3v) is 6.26. The van der Waals surface area contributed by atoms with Crippen molar-refractivity contribution in [2.24, 2.45) is 0 Å². The third-order valence-electron chi connectivity index (χ3n) is 6.26. The van der Waals surface area contributed by atoms with Gasteiger partial charge in [0.2, 0.25) is 0 Å². The SMILES string of the molecule is COc1ccc(CN(C)CCCc2ccc(NC(=O)c3cc4ccccc4[nH]3)cc2)cc1OC.O=C(O)/C=C/C(=O)O. The number of carboxylic acids is 2. The number of carbonyl (C=O) groups excluding carboxylic acids is 1. The fraction of sp³-hybridized carbons (Fsp3) is 0.219. The van der Waals surface area contributed by atoms with Crippen LogP contribution in [0.25, 0.3) is 10.9 Å². The van der Waals surface area contributed by atoms with Gasteiger partial charge in [-0.05, 0) is 74.0 Å². The number of hydrogen-bond acceptors (Lipinski definition) is 6. The zero-order chi connectivity index (χ0) is 30.5. The lowest BCUT2D eigenvalue weighted by Gasteiger charge is -2.18. The number of nitrogens with one attached hydrogen (secondary N) is 2. The number of aromatic amines is 1. The highest BCUT2D eigenvalue weighted by molar-refractivity contribution is 6.05. The highest BCUT2D eigenvalue weighted by Gasteiger charge is 2.10. The molecule has 0 saturated carbocycles. The normalized spacial score (nSPS) is 10.8. The van der Waals surface area contributed by atoms with E-state index in [4.69, 9.17) is 19.7 Å². The monoisotopic (exact) mass is 573 g/mol. The summed E-state index contributed by atoms with van der Waals surface area (Å²) in [7, 11) is 5.43. The first-order valence-corrected chi connectivity index (χ1v) is 13.2. The van der Waals surface area contributed by atoms with Gasteiger partial charge in [0.1, 0.15) is 5.69 Å². The van der Waals surface area contributed by atoms with Crippen molar-refractivity contribution >= 4 is 34.4 Å². The van der Waals surface area contributed by atoms with Crippen molar-refractivity contribution in [1.29, 1.82) is 0 Å². The molecule has 42 heavy (non-hydrogen) atoms. The van der Waals surface area contributed by atoms with Gasteiger partial charge in [0.25, 0.3) is 5.91 Å². The number of carbonyl (C=O) groups is 3. The Balaban J connectivity index is 0.000000531. The van der Waals surface area contributed by atoms with Gasteiger partial charge in [-0.2, -0.15) is 0 Å². The smallest absolute Gasteiger partial charge is 0.328 e. The van der Waals surface area contributed by atoms with Crippen molar-refractivity contribution in [2.45, 2.75) is 19.4 Å². The molecule has 0 fully saturated rings. The number of hydrogen-bond donors (Lipinski definition) is 4. The van der Waals surface area contributed by atoms with E-state index in [1.54, 1.807) is 14.2 Å². The number of ether oxygens (including phenoxy) is 2. The van der Waals surface area contributed by atoms with E-state index in [1.807, 2.05) is 54.6 Å². The van der Waals surface area contributed by atoms with E-state index >= 15 is 0 Å². The largest absolute Gasteiger partial charge is 0.493 e. The van der Waals surface area contributed by atoms with Gasteiger partial charge >= 0.3 is 11.9 Å². The predicted molar refractivity (Wildman–Crippen MR) is 161 cm³/mol. The quantitative estimate of drug-likeness (QED) is 0.169. The summed E-state index contributed by atoms with van der Waals surface area (Å²) in [6, 6.07) is 23.9. The lowest BCUT2D eigenvalue weighted by Crippen LogP contribution is -2.19. The minimum absolute atomic E-state index is 0.138. The van der Waals surface area contributed by atoms with Crippen molar-refractivity contribution in [2.75, 3.05) is 33.1 Å². The number of benzene rings is 3. The molecule has 1 aromatic heterocycles. The molecule has 0 atom stereocenters. The molecule has 0 unspecified atom stereocenters. The van der Waals surface area contributed by atoms with E-state index in [2.05, 4.69) is 40.4 Å². The minimum Gasteiger partial charge on any atom is -0.493 e. The molecular formula is C32H35N3O7. The van der Waals surface area contributed by atoms with Crippen LogP contribution in [-0.2, 0) is 22.6 Å². The number of anilines is 1. The molecular weight excluding hydrogens is 538 g/mol. The Morgan fingerprint density at radius 1 is 0.857 bits per heavy atom. The summed E-state index contributed by atoms with van der Waals surface area (Å²) in [4.78, 5) is 37.2. The summed E-state index contributed by atoms with van der Waals surface area (Å²) in [6.45, 7) is 1.83. The maximum Gasteiger partial charge on any atom is 0.328 e. The zero-order valence-corrected chi connectivity index (χ0v) is 23.8. The van der Waals surface area contributed by atoms with Crippen LogP contribution in [0, 0.1) is 0 Å². The van der Waals surface area contributed by atoms with Crippen LogP contribution in [-0.4, -0.2) is 65.8 Å². The van der Waals surface area contributed by atoms with Gasteiger partial charge in [0.05, 0.1) is 14.2 Å². The summed E-state index contributed by atoms with van der Waals surface area (Å²) in [5.74, 6) is -1.15. The highest BCUT2D eigenvalue weighted by atomic mass is 16.5. The second-order valence-electron chi connectivity index (χ2n) is 9.46. The molecule has 0 bridgehead atoms. The van der Waals surface area contributed by atoms with E-state index in [0.29, 0.717) is 17.8 Å². The van der Waals surface area contributed by atoms with E-state index in [0.717, 1.165) is 54.0 Å². The Morgan fingerprint density at radius 2 is 1.50 bits per heavy atom. The summed E-state index contributed by atoms with van der Waals surface area (Å²) >= 11 is 0. The van der Waals surface area contributed by atoms with E-state index in [1.165, 1.54) is 11.1 Å². The summed E-state index contributed by atoms with van der Waals surface area (Å²) < 4.78 is 10.7. The number of aromatic nitrogens is 1. The van der Waals surface area contributed by atoms with Crippen LogP contribution in [0.1, 0.15) is 28.0 Å². The molecule has 0 saturated heterocycles. The number of H-pyrrole nitrogens is 1. The molecule has 4 aromatic rings. The number of aryl methyl sites for hydroxylation is 1. The van der Waals surface area contributed by atoms with Gasteiger partial charge in [-0.15, -0.1) is 0 Å². The molecule has 10 nitrogen and oxygen atoms in total. The van der Waals surface area contributed by atoms with Gasteiger partial charge < -0.3 is 34.9 Å². The van der Waals surface area contributed by atoms with Crippen LogP contribution in [0.15, 0.2) is 84.9 Å². The number of para-hydroxylation sites is 1. The Hall–Kier alpha value is -5.09. The zero-order valence-electron chi connectivity index (χ0n) is 23.8. The molecule has 0 aliphatic rings. The number of carboxylic acid groups (broad SMARTS) is 2. The van der Waals surface area contributed by atoms with Crippen LogP contribution in [0.5, 0.6) is 11.5 Å². The first-order chi connectivity index (χ1) is 20.2. The summed E-state index contributed by atoms with van der Waals surface area (Å²) in [5, 5.41) is 19.6. The molecule has 0 aliphatic carbocycles. The fourth-order valence-corrected chi connectivity index (χ4v) is 4.21. The van der Waals surface area contributed by atoms with E-state index in [-0.39, 0.29) is 5.91 Å². The van der Waals surface area contributed by atoms with Crippen molar-refractivity contribution in [3.05, 3.63) is 102 Å². The van der Waals surface area contributed by atoms with Crippen LogP contribution in [0.4, 0.5) is 5.69 Å². The number of fused-ring (bicyclic) bond motifs is 1. The van der Waals surface area contributed by atoms with Crippen molar-refractivity contribution in [3.63, 3.8) is 0 Å². The molecule has 3 aromatic carbocycles. The van der Waals surface area contributed by atoms with E-state index < -0.39 is 11.9 Å². The van der Waals surface area contributed by atoms with Crippen LogP contribution >= 0.6 is 0 Å². The van der Waals surface area contributed by atoms with Crippen LogP contribution in [0.3, 0.4) is 0 Å². The van der Waals surface area contributed by atoms with E-state index in [9.17, 15) is 14.4 Å². The van der Waals surface area contributed by atoms with Crippen LogP contribution < -0.4 is 14.8 Å². The third kappa shape index (κ3) is 9.83. The highest BCUT2D eigenvalue weighted by Crippen LogP contribution is 2.28. The van der Waals surface area contributed by atoms with Crippen molar-refractivity contribution < 1.29 is 34.1 Å². The van der Waals surface area contributed by atoms with Crippen LogP contribution in [0.2, 0.25) is 0 Å². The van der Waals surface area contributed by atoms with Crippen molar-refractivity contribution in [1.82, 2.24) is 9.88 Å². The van der Waals surface area contributed by atoms with Crippen molar-refractivity contribution in [3.8, 4) is 11.5 Å². The lowest BCUT2D eigenvalue weighted by molar-refractivity contribution is -0.134. The Labute approximate surface area is 244 Å². The summed E-state index contributed by atoms with van der Waals surface area (Å²) in [6.07, 6.45) is 3.14. The molecule has 4 N–H and O–H groups in total. The first kappa shape index (κ1) is 31.4. The van der Waals surface area contributed by atoms with Gasteiger partial charge in [-0.25, -0.2) is 9.59 Å². The predicted octanol–water partition coefficient (Wildman–Crippen LogP) is 5.21. The summed E-state index contributed by atoms with van der Waals surface area (Å²) in [5.41, 5.74) is 4.75. The average molecular weight is 574 g/mol. The molecule has 0 aliphatic heterocycles. The lowest BCUT2D eigenvalue weighted by atomic mass is 10.1. The second kappa shape index (κ2) is 15.6. The van der Waals surface area contributed by atoms with Gasteiger partial charge in [0, 0.05) is 35.3 Å². The van der Waals surface area contributed by atoms with Gasteiger partial charge in [-0.3, -0.25) is 4.79 Å². The fourth-order valence-electron chi connectivity index (χ4n) is 4.21. The Bertz CT molecular complexity index is 1480. The number of rotatable bonds is 12. The molecule has 1 heterocycles. The molecule has 0 spiro atoms.